The van der Waals surface area contributed by atoms with E-state index in [1.807, 2.05) is 0 Å². The van der Waals surface area contributed by atoms with Crippen molar-refractivity contribution in [3.63, 3.8) is 0 Å². The fourth-order valence-electron chi connectivity index (χ4n) is 3.48. The Morgan fingerprint density at radius 3 is 1.11 bits per heavy atom. The van der Waals surface area contributed by atoms with Gasteiger partial charge in [-0.2, -0.15) is 0 Å². The third kappa shape index (κ3) is 7.37. The zero-order valence-electron chi connectivity index (χ0n) is 14.6. The Balaban J connectivity index is 2.61. The standard InChI is InChI=1S/C19H38/c1-17(2)11-8-7-9-12-18(3,4)15-16-19(5,6)14-10-13-17/h7-16H2,1-6H3. The van der Waals surface area contributed by atoms with E-state index in [-0.39, 0.29) is 0 Å². The fourth-order valence-corrected chi connectivity index (χ4v) is 3.48. The average molecular weight is 267 g/mol. The molecule has 1 rings (SSSR count). The highest BCUT2D eigenvalue weighted by molar-refractivity contribution is 4.78. The predicted octanol–water partition coefficient (Wildman–Crippen LogP) is 6.98. The summed E-state index contributed by atoms with van der Waals surface area (Å²) in [7, 11) is 0. The molecular weight excluding hydrogens is 228 g/mol. The van der Waals surface area contributed by atoms with Crippen molar-refractivity contribution in [1.82, 2.24) is 0 Å². The van der Waals surface area contributed by atoms with Crippen LogP contribution in [0.25, 0.3) is 0 Å². The molecule has 0 radical (unpaired) electrons. The molecule has 0 aromatic carbocycles. The minimum atomic E-state index is 0.543. The first-order chi connectivity index (χ1) is 8.62. The van der Waals surface area contributed by atoms with Crippen LogP contribution in [0, 0.1) is 16.2 Å². The molecule has 114 valence electrons. The van der Waals surface area contributed by atoms with Crippen molar-refractivity contribution in [3.8, 4) is 0 Å². The molecule has 1 saturated carbocycles. The van der Waals surface area contributed by atoms with Gasteiger partial charge in [-0.15, -0.1) is 0 Å². The lowest BCUT2D eigenvalue weighted by molar-refractivity contribution is 0.203. The lowest BCUT2D eigenvalue weighted by Crippen LogP contribution is -2.19. The van der Waals surface area contributed by atoms with Gasteiger partial charge in [0.2, 0.25) is 0 Å². The quantitative estimate of drug-likeness (QED) is 0.443. The first kappa shape index (κ1) is 17.1. The summed E-state index contributed by atoms with van der Waals surface area (Å²) < 4.78 is 0. The van der Waals surface area contributed by atoms with Gasteiger partial charge < -0.3 is 0 Å². The second-order valence-electron chi connectivity index (χ2n) is 9.41. The van der Waals surface area contributed by atoms with Gasteiger partial charge in [0, 0.05) is 0 Å². The number of hydrogen-bond acceptors (Lipinski definition) is 0. The van der Waals surface area contributed by atoms with Gasteiger partial charge in [-0.25, -0.2) is 0 Å². The minimum absolute atomic E-state index is 0.543. The molecule has 0 spiro atoms. The third-order valence-corrected chi connectivity index (χ3v) is 5.39. The van der Waals surface area contributed by atoms with Gasteiger partial charge in [-0.3, -0.25) is 0 Å². The van der Waals surface area contributed by atoms with Gasteiger partial charge in [-0.05, 0) is 54.8 Å². The van der Waals surface area contributed by atoms with E-state index >= 15 is 0 Å². The van der Waals surface area contributed by atoms with Gasteiger partial charge in [-0.1, -0.05) is 67.2 Å². The van der Waals surface area contributed by atoms with Crippen LogP contribution >= 0.6 is 0 Å². The van der Waals surface area contributed by atoms with Crippen LogP contribution in [0.2, 0.25) is 0 Å². The molecule has 19 heavy (non-hydrogen) atoms. The van der Waals surface area contributed by atoms with E-state index < -0.39 is 0 Å². The summed E-state index contributed by atoms with van der Waals surface area (Å²) in [5.74, 6) is 0. The Bertz CT molecular complexity index is 257. The summed E-state index contributed by atoms with van der Waals surface area (Å²) >= 11 is 0. The summed E-state index contributed by atoms with van der Waals surface area (Å²) in [5.41, 5.74) is 1.67. The largest absolute Gasteiger partial charge is 0.0599 e. The molecule has 0 aromatic heterocycles. The zero-order chi connectivity index (χ0) is 14.6. The summed E-state index contributed by atoms with van der Waals surface area (Å²) in [6.07, 6.45) is 14.2. The van der Waals surface area contributed by atoms with Crippen molar-refractivity contribution in [1.29, 1.82) is 0 Å². The molecule has 0 aliphatic heterocycles. The number of rotatable bonds is 0. The number of hydrogen-bond donors (Lipinski definition) is 0. The summed E-state index contributed by atoms with van der Waals surface area (Å²) in [6, 6.07) is 0. The van der Waals surface area contributed by atoms with Gasteiger partial charge in [0.05, 0.1) is 0 Å². The van der Waals surface area contributed by atoms with E-state index in [0.29, 0.717) is 16.2 Å². The molecular formula is C19H38. The predicted molar refractivity (Wildman–Crippen MR) is 87.5 cm³/mol. The third-order valence-electron chi connectivity index (χ3n) is 5.39. The van der Waals surface area contributed by atoms with E-state index in [9.17, 15) is 0 Å². The van der Waals surface area contributed by atoms with Crippen molar-refractivity contribution < 1.29 is 0 Å². The molecule has 0 unspecified atom stereocenters. The second-order valence-corrected chi connectivity index (χ2v) is 9.41. The van der Waals surface area contributed by atoms with Crippen molar-refractivity contribution in [2.75, 3.05) is 0 Å². The molecule has 0 nitrogen and oxygen atoms in total. The van der Waals surface area contributed by atoms with Crippen LogP contribution in [0.4, 0.5) is 0 Å². The van der Waals surface area contributed by atoms with Crippen LogP contribution in [-0.4, -0.2) is 0 Å². The van der Waals surface area contributed by atoms with E-state index in [2.05, 4.69) is 41.5 Å². The molecule has 0 atom stereocenters. The average Bonchev–Trinajstić information content (AvgIpc) is 2.25. The summed E-state index contributed by atoms with van der Waals surface area (Å²) in [6.45, 7) is 14.9. The molecule has 1 aliphatic rings. The molecule has 0 bridgehead atoms. The Morgan fingerprint density at radius 1 is 0.368 bits per heavy atom. The molecule has 0 heteroatoms. The second kappa shape index (κ2) is 6.64. The first-order valence-electron chi connectivity index (χ1n) is 8.62. The molecule has 0 heterocycles. The highest BCUT2D eigenvalue weighted by atomic mass is 14.3. The highest BCUT2D eigenvalue weighted by Gasteiger charge is 2.26. The van der Waals surface area contributed by atoms with Crippen LogP contribution in [-0.2, 0) is 0 Å². The summed E-state index contributed by atoms with van der Waals surface area (Å²) in [4.78, 5) is 0. The maximum atomic E-state index is 2.48. The van der Waals surface area contributed by atoms with Crippen LogP contribution in [0.15, 0.2) is 0 Å². The van der Waals surface area contributed by atoms with E-state index in [1.54, 1.807) is 0 Å². The van der Waals surface area contributed by atoms with Crippen LogP contribution < -0.4 is 0 Å². The van der Waals surface area contributed by atoms with Crippen LogP contribution in [0.3, 0.4) is 0 Å². The molecule has 1 aliphatic carbocycles. The smallest absolute Gasteiger partial charge is 0.0354 e. The Morgan fingerprint density at radius 2 is 0.684 bits per heavy atom. The SMILES string of the molecule is CC1(C)CCCCCC(C)(C)CCC(C)(C)CCC1. The van der Waals surface area contributed by atoms with Gasteiger partial charge >= 0.3 is 0 Å². The Hall–Kier alpha value is 0. The van der Waals surface area contributed by atoms with Crippen molar-refractivity contribution in [2.45, 2.75) is 106 Å². The minimum Gasteiger partial charge on any atom is -0.0599 e. The Labute approximate surface area is 122 Å². The maximum Gasteiger partial charge on any atom is -0.0354 e. The molecule has 0 N–H and O–H groups in total. The van der Waals surface area contributed by atoms with Gasteiger partial charge in [0.1, 0.15) is 0 Å². The van der Waals surface area contributed by atoms with E-state index in [0.717, 1.165) is 0 Å². The monoisotopic (exact) mass is 266 g/mol. The Kier molecular flexibility index (Phi) is 5.96. The van der Waals surface area contributed by atoms with Crippen molar-refractivity contribution in [2.24, 2.45) is 16.2 Å². The molecule has 0 saturated heterocycles. The molecule has 0 amide bonds. The molecule has 1 fully saturated rings. The molecule has 0 aromatic rings. The maximum absolute atomic E-state index is 2.48. The normalized spacial score (nSPS) is 28.7. The van der Waals surface area contributed by atoms with E-state index in [1.165, 1.54) is 64.2 Å². The topological polar surface area (TPSA) is 0 Å². The lowest BCUT2D eigenvalue weighted by Gasteiger charge is -2.32. The fraction of sp³-hybridized carbons (Fsp3) is 1.00. The van der Waals surface area contributed by atoms with Crippen molar-refractivity contribution >= 4 is 0 Å². The first-order valence-corrected chi connectivity index (χ1v) is 8.62. The van der Waals surface area contributed by atoms with E-state index in [4.69, 9.17) is 0 Å². The lowest BCUT2D eigenvalue weighted by atomic mass is 9.74. The van der Waals surface area contributed by atoms with Crippen molar-refractivity contribution in [3.05, 3.63) is 0 Å². The van der Waals surface area contributed by atoms with Gasteiger partial charge in [0.15, 0.2) is 0 Å². The van der Waals surface area contributed by atoms with Crippen LogP contribution in [0.1, 0.15) is 106 Å². The zero-order valence-corrected chi connectivity index (χ0v) is 14.6. The van der Waals surface area contributed by atoms with Crippen LogP contribution in [0.5, 0.6) is 0 Å². The van der Waals surface area contributed by atoms with Gasteiger partial charge in [0.25, 0.3) is 0 Å². The highest BCUT2D eigenvalue weighted by Crippen LogP contribution is 2.40. The summed E-state index contributed by atoms with van der Waals surface area (Å²) in [5, 5.41) is 0.